The first-order valence-electron chi connectivity index (χ1n) is 18.0. The van der Waals surface area contributed by atoms with Gasteiger partial charge in [-0.15, -0.1) is 0 Å². The summed E-state index contributed by atoms with van der Waals surface area (Å²) in [5.74, 6) is -4.96. The first-order chi connectivity index (χ1) is 27.0. The van der Waals surface area contributed by atoms with Gasteiger partial charge < -0.3 is 58.9 Å². The number of benzene rings is 3. The van der Waals surface area contributed by atoms with E-state index in [1.54, 1.807) is 32.1 Å². The van der Waals surface area contributed by atoms with E-state index < -0.39 is 66.0 Å². The van der Waals surface area contributed by atoms with E-state index in [0.29, 0.717) is 19.3 Å². The maximum Gasteiger partial charge on any atom is 0.326 e. The third-order valence-electron chi connectivity index (χ3n) is 7.27. The highest BCUT2D eigenvalue weighted by atomic mass is 16.4. The molecule has 0 unspecified atom stereocenters. The lowest BCUT2D eigenvalue weighted by atomic mass is 10.0. The van der Waals surface area contributed by atoms with Crippen LogP contribution in [0, 0.1) is 11.8 Å². The largest absolute Gasteiger partial charge is 0.508 e. The second-order valence-corrected chi connectivity index (χ2v) is 13.5. The molecule has 3 aromatic rings. The second kappa shape index (κ2) is 30.1. The van der Waals surface area contributed by atoms with Gasteiger partial charge in [-0.05, 0) is 72.9 Å². The topological polar surface area (TPSA) is 340 Å². The van der Waals surface area contributed by atoms with Gasteiger partial charge in [0, 0.05) is 6.08 Å². The molecule has 17 nitrogen and oxygen atoms in total. The number of carbonyl (C=O) groups is 6. The van der Waals surface area contributed by atoms with Crippen molar-refractivity contribution in [2.75, 3.05) is 0 Å². The van der Waals surface area contributed by atoms with Crippen LogP contribution in [-0.2, 0) is 41.6 Å². The molecular formula is C41H59N5O12. The average Bonchev–Trinajstić information content (AvgIpc) is 3.15. The minimum atomic E-state index is -1.04. The lowest BCUT2D eigenvalue weighted by Gasteiger charge is -2.15. The predicted octanol–water partition coefficient (Wildman–Crippen LogP) is 2.78. The molecule has 3 rings (SSSR count). The molecule has 0 aliphatic carbocycles. The summed E-state index contributed by atoms with van der Waals surface area (Å²) < 4.78 is 0. The third-order valence-corrected chi connectivity index (χ3v) is 7.27. The molecular weight excluding hydrogens is 754 g/mol. The van der Waals surface area contributed by atoms with Crippen molar-refractivity contribution in [1.29, 1.82) is 0 Å². The Labute approximate surface area is 338 Å². The predicted molar refractivity (Wildman–Crippen MR) is 219 cm³/mol. The zero-order chi connectivity index (χ0) is 45.0. The Bertz CT molecular complexity index is 1630. The molecule has 0 radical (unpaired) electrons. The lowest BCUT2D eigenvalue weighted by Crippen LogP contribution is -2.40. The molecule has 0 saturated heterocycles. The van der Waals surface area contributed by atoms with Crippen molar-refractivity contribution >= 4 is 41.8 Å². The number of aromatic hydroxyl groups is 1. The monoisotopic (exact) mass is 813 g/mol. The fourth-order valence-electron chi connectivity index (χ4n) is 3.87. The standard InChI is InChI=1S/C15H19NO4.2C9H11NO2.C5H11NO2.C3H7NO2/c1-10(2)9-13(15(19)20)16-14(18)8-5-11-3-6-12(17)7-4-11;2*10-8(9(11)12)6-7-4-2-1-3-5-7;1-3(2)4(6)5(7)8;1-2(4)3(5)6/h3-8,10,13,17H,9H2,1-2H3,(H,16,18)(H,19,20);2*1-5,8H,6,10H2,(H,11,12);3-4H,6H2,1-2H3,(H,7,8);2H,4H2,1H3,(H,5,6)/t13-;2*8-;4-;2-/m11111/s1. The number of phenolic OH excluding ortho intramolecular Hbond substituents is 1. The molecule has 0 bridgehead atoms. The summed E-state index contributed by atoms with van der Waals surface area (Å²) in [5, 5.41) is 53.7. The molecule has 17 heteroatoms. The van der Waals surface area contributed by atoms with E-state index in [0.717, 1.165) is 16.7 Å². The Morgan fingerprint density at radius 2 is 0.983 bits per heavy atom. The highest BCUT2D eigenvalue weighted by molar-refractivity contribution is 5.94. The van der Waals surface area contributed by atoms with Crippen molar-refractivity contribution < 1.29 is 59.4 Å². The molecule has 5 atom stereocenters. The summed E-state index contributed by atoms with van der Waals surface area (Å²) in [5.41, 5.74) is 23.3. The van der Waals surface area contributed by atoms with Gasteiger partial charge in [0.25, 0.3) is 0 Å². The molecule has 0 aromatic heterocycles. The number of amides is 1. The fraction of sp³-hybridized carbons (Fsp3) is 0.366. The first kappa shape index (κ1) is 54.0. The Morgan fingerprint density at radius 1 is 0.586 bits per heavy atom. The summed E-state index contributed by atoms with van der Waals surface area (Å²) in [6.45, 7) is 8.77. The van der Waals surface area contributed by atoms with E-state index in [1.165, 1.54) is 25.1 Å². The number of hydrogen-bond acceptors (Lipinski definition) is 11. The van der Waals surface area contributed by atoms with Crippen LogP contribution in [0.5, 0.6) is 5.75 Å². The van der Waals surface area contributed by atoms with Gasteiger partial charge >= 0.3 is 29.8 Å². The number of aliphatic carboxylic acids is 5. The molecule has 0 aliphatic heterocycles. The Morgan fingerprint density at radius 3 is 1.26 bits per heavy atom. The molecule has 1 amide bonds. The first-order valence-corrected chi connectivity index (χ1v) is 18.0. The van der Waals surface area contributed by atoms with E-state index in [9.17, 15) is 28.8 Å². The van der Waals surface area contributed by atoms with Gasteiger partial charge in [-0.25, -0.2) is 4.79 Å². The summed E-state index contributed by atoms with van der Waals surface area (Å²) >= 11 is 0. The number of phenols is 1. The van der Waals surface area contributed by atoms with Crippen molar-refractivity contribution in [2.24, 2.45) is 34.8 Å². The SMILES string of the molecule is CC(C)C[C@@H](NC(=O)C=Cc1ccc(O)cc1)C(=O)O.CC(C)[C@@H](N)C(=O)O.C[C@@H](N)C(=O)O.N[C@H](Cc1ccccc1)C(=O)O.N[C@H](Cc1ccccc1)C(=O)O. The van der Waals surface area contributed by atoms with Crippen LogP contribution in [-0.4, -0.2) is 96.6 Å². The number of nitrogens with two attached hydrogens (primary N) is 4. The van der Waals surface area contributed by atoms with Gasteiger partial charge in [0.15, 0.2) is 0 Å². The van der Waals surface area contributed by atoms with E-state index >= 15 is 0 Å². The van der Waals surface area contributed by atoms with Crippen LogP contribution in [0.25, 0.3) is 6.08 Å². The Hall–Kier alpha value is -6.14. The minimum Gasteiger partial charge on any atom is -0.508 e. The number of carbonyl (C=O) groups excluding carboxylic acids is 1. The number of nitrogens with one attached hydrogen (secondary N) is 1. The number of rotatable bonds is 15. The Kier molecular flexibility index (Phi) is 28.0. The number of hydrogen-bond donors (Lipinski definition) is 11. The van der Waals surface area contributed by atoms with Crippen molar-refractivity contribution in [3.05, 3.63) is 108 Å². The van der Waals surface area contributed by atoms with Crippen LogP contribution in [0.4, 0.5) is 0 Å². The summed E-state index contributed by atoms with van der Waals surface area (Å²) in [4.78, 5) is 63.0. The van der Waals surface area contributed by atoms with Crippen molar-refractivity contribution in [3.8, 4) is 5.75 Å². The maximum absolute atomic E-state index is 11.7. The van der Waals surface area contributed by atoms with Gasteiger partial charge in [-0.3, -0.25) is 24.0 Å². The maximum atomic E-state index is 11.7. The summed E-state index contributed by atoms with van der Waals surface area (Å²) in [6.07, 6.45) is 3.99. The molecule has 0 heterocycles. The number of carboxylic acids is 5. The fourth-order valence-corrected chi connectivity index (χ4v) is 3.87. The molecule has 3 aromatic carbocycles. The third kappa shape index (κ3) is 28.3. The van der Waals surface area contributed by atoms with E-state index in [1.807, 2.05) is 74.5 Å². The highest BCUT2D eigenvalue weighted by Crippen LogP contribution is 2.11. The van der Waals surface area contributed by atoms with Crippen LogP contribution in [0.3, 0.4) is 0 Å². The van der Waals surface area contributed by atoms with Gasteiger partial charge in [0.05, 0.1) is 0 Å². The van der Waals surface area contributed by atoms with E-state index in [-0.39, 0.29) is 17.6 Å². The molecule has 0 fully saturated rings. The van der Waals surface area contributed by atoms with Gasteiger partial charge in [-0.1, -0.05) is 100 Å². The zero-order valence-corrected chi connectivity index (χ0v) is 33.3. The van der Waals surface area contributed by atoms with Gasteiger partial charge in [-0.2, -0.15) is 0 Å². The van der Waals surface area contributed by atoms with Gasteiger partial charge in [0.2, 0.25) is 5.91 Å². The second-order valence-electron chi connectivity index (χ2n) is 13.5. The normalized spacial score (nSPS) is 12.8. The van der Waals surface area contributed by atoms with E-state index in [2.05, 4.69) is 5.32 Å². The molecule has 0 saturated carbocycles. The highest BCUT2D eigenvalue weighted by Gasteiger charge is 2.20. The smallest absolute Gasteiger partial charge is 0.326 e. The summed E-state index contributed by atoms with van der Waals surface area (Å²) in [7, 11) is 0. The molecule has 15 N–H and O–H groups in total. The minimum absolute atomic E-state index is 0.0208. The number of carboxylic acid groups (broad SMARTS) is 5. The van der Waals surface area contributed by atoms with Gasteiger partial charge in [0.1, 0.15) is 36.0 Å². The van der Waals surface area contributed by atoms with Crippen LogP contribution in [0.2, 0.25) is 0 Å². The average molecular weight is 814 g/mol. The van der Waals surface area contributed by atoms with Crippen LogP contribution in [0.1, 0.15) is 57.7 Å². The zero-order valence-electron chi connectivity index (χ0n) is 33.3. The van der Waals surface area contributed by atoms with Crippen molar-refractivity contribution in [2.45, 2.75) is 84.1 Å². The van der Waals surface area contributed by atoms with Crippen molar-refractivity contribution in [3.63, 3.8) is 0 Å². The quantitative estimate of drug-likeness (QED) is 0.0983. The lowest BCUT2D eigenvalue weighted by molar-refractivity contribution is -0.142. The van der Waals surface area contributed by atoms with Crippen LogP contribution < -0.4 is 28.3 Å². The Balaban J connectivity index is 0. The molecule has 0 aliphatic rings. The van der Waals surface area contributed by atoms with Crippen LogP contribution in [0.15, 0.2) is 91.0 Å². The summed E-state index contributed by atoms with van der Waals surface area (Å²) in [6, 6.07) is 21.1. The molecule has 320 valence electrons. The van der Waals surface area contributed by atoms with Crippen LogP contribution >= 0.6 is 0 Å². The molecule has 58 heavy (non-hydrogen) atoms. The van der Waals surface area contributed by atoms with Crippen molar-refractivity contribution in [1.82, 2.24) is 5.32 Å². The van der Waals surface area contributed by atoms with E-state index in [4.69, 9.17) is 53.6 Å². The molecule has 0 spiro atoms.